The molecule has 1 aromatic heterocycles. The predicted octanol–water partition coefficient (Wildman–Crippen LogP) is 2.93. The van der Waals surface area contributed by atoms with Gasteiger partial charge >= 0.3 is 12.1 Å². The first-order chi connectivity index (χ1) is 10.6. The van der Waals surface area contributed by atoms with Crippen LogP contribution in [0, 0.1) is 0 Å². The number of nitrogens with zero attached hydrogens (tertiary/aromatic N) is 2. The molecule has 0 saturated heterocycles. The van der Waals surface area contributed by atoms with Gasteiger partial charge in [-0.2, -0.15) is 0 Å². The fraction of sp³-hybridized carbons (Fsp3) is 0.267. The van der Waals surface area contributed by atoms with Crippen LogP contribution >= 0.6 is 11.3 Å². The van der Waals surface area contributed by atoms with Crippen molar-refractivity contribution >= 4 is 23.4 Å². The minimum atomic E-state index is -1.14. The van der Waals surface area contributed by atoms with Crippen molar-refractivity contribution in [1.29, 1.82) is 0 Å². The van der Waals surface area contributed by atoms with Crippen molar-refractivity contribution in [2.24, 2.45) is 0 Å². The van der Waals surface area contributed by atoms with E-state index >= 15 is 0 Å². The number of thiazole rings is 1. The Morgan fingerprint density at radius 2 is 2.09 bits per heavy atom. The first-order valence-corrected chi connectivity index (χ1v) is 7.66. The lowest BCUT2D eigenvalue weighted by Gasteiger charge is -2.25. The van der Waals surface area contributed by atoms with Gasteiger partial charge in [-0.05, 0) is 12.5 Å². The summed E-state index contributed by atoms with van der Waals surface area (Å²) in [4.78, 5) is 28.8. The van der Waals surface area contributed by atoms with Gasteiger partial charge in [-0.3, -0.25) is 4.90 Å². The van der Waals surface area contributed by atoms with Crippen LogP contribution in [-0.4, -0.2) is 33.6 Å². The highest BCUT2D eigenvalue weighted by Crippen LogP contribution is 2.22. The van der Waals surface area contributed by atoms with E-state index in [0.29, 0.717) is 5.69 Å². The Hall–Kier alpha value is -2.41. The van der Waals surface area contributed by atoms with Crippen LogP contribution in [0.4, 0.5) is 4.79 Å². The Bertz CT molecular complexity index is 616. The Morgan fingerprint density at radius 3 is 2.64 bits per heavy atom. The largest absolute Gasteiger partial charge is 0.479 e. The fourth-order valence-corrected chi connectivity index (χ4v) is 2.57. The average molecular weight is 320 g/mol. The van der Waals surface area contributed by atoms with Gasteiger partial charge in [0, 0.05) is 11.9 Å². The molecule has 0 bridgehead atoms. The number of carbonyl (C=O) groups is 2. The second kappa shape index (κ2) is 7.56. The van der Waals surface area contributed by atoms with Crippen LogP contribution in [0.1, 0.15) is 24.2 Å². The topological polar surface area (TPSA) is 79.7 Å². The van der Waals surface area contributed by atoms with Gasteiger partial charge in [0.05, 0.1) is 11.2 Å². The van der Waals surface area contributed by atoms with E-state index in [1.54, 1.807) is 12.3 Å². The quantitative estimate of drug-likeness (QED) is 0.885. The Labute approximate surface area is 132 Å². The number of carbonyl (C=O) groups excluding carboxylic acids is 1. The fourth-order valence-electron chi connectivity index (χ4n) is 2.00. The van der Waals surface area contributed by atoms with Crippen LogP contribution in [0.25, 0.3) is 0 Å². The van der Waals surface area contributed by atoms with Gasteiger partial charge in [0.15, 0.2) is 6.04 Å². The lowest BCUT2D eigenvalue weighted by atomic mass is 10.2. The summed E-state index contributed by atoms with van der Waals surface area (Å²) in [6.45, 7) is 2.01. The summed E-state index contributed by atoms with van der Waals surface area (Å²) in [5, 5.41) is 11.0. The van der Waals surface area contributed by atoms with E-state index in [9.17, 15) is 14.7 Å². The molecule has 1 heterocycles. The third-order valence-electron chi connectivity index (χ3n) is 3.06. The van der Waals surface area contributed by atoms with Crippen LogP contribution in [0.2, 0.25) is 0 Å². The first kappa shape index (κ1) is 16.0. The van der Waals surface area contributed by atoms with Crippen molar-refractivity contribution in [2.45, 2.75) is 19.6 Å². The third kappa shape index (κ3) is 3.82. The van der Waals surface area contributed by atoms with E-state index in [-0.39, 0.29) is 13.2 Å². The van der Waals surface area contributed by atoms with E-state index in [4.69, 9.17) is 4.74 Å². The molecule has 1 atom stereocenters. The number of carboxylic acids is 1. The maximum absolute atomic E-state index is 12.2. The van der Waals surface area contributed by atoms with Crippen molar-refractivity contribution in [3.63, 3.8) is 0 Å². The molecule has 7 heteroatoms. The summed E-state index contributed by atoms with van der Waals surface area (Å²) in [6.07, 6.45) is -0.674. The van der Waals surface area contributed by atoms with Crippen molar-refractivity contribution in [1.82, 2.24) is 9.88 Å². The molecule has 1 amide bonds. The highest BCUT2D eigenvalue weighted by molar-refractivity contribution is 7.07. The lowest BCUT2D eigenvalue weighted by Crippen LogP contribution is -2.39. The molecule has 1 unspecified atom stereocenters. The summed E-state index contributed by atoms with van der Waals surface area (Å²) < 4.78 is 5.21. The van der Waals surface area contributed by atoms with E-state index in [2.05, 4.69) is 4.98 Å². The Kier molecular flexibility index (Phi) is 5.48. The second-order valence-corrected chi connectivity index (χ2v) is 5.20. The van der Waals surface area contributed by atoms with Crippen molar-refractivity contribution < 1.29 is 19.4 Å². The number of likely N-dealkylation sites (N-methyl/N-ethyl adjacent to an activating group) is 1. The van der Waals surface area contributed by atoms with Gasteiger partial charge in [0.1, 0.15) is 6.61 Å². The van der Waals surface area contributed by atoms with Gasteiger partial charge in [-0.25, -0.2) is 14.6 Å². The molecule has 0 saturated carbocycles. The first-order valence-electron chi connectivity index (χ1n) is 6.71. The molecule has 0 radical (unpaired) electrons. The molecule has 1 N–H and O–H groups in total. The van der Waals surface area contributed by atoms with Gasteiger partial charge in [-0.15, -0.1) is 11.3 Å². The number of hydrogen-bond donors (Lipinski definition) is 1. The molecular weight excluding hydrogens is 304 g/mol. The smallest absolute Gasteiger partial charge is 0.411 e. The average Bonchev–Trinajstić information content (AvgIpc) is 3.04. The molecule has 22 heavy (non-hydrogen) atoms. The van der Waals surface area contributed by atoms with Gasteiger partial charge < -0.3 is 9.84 Å². The lowest BCUT2D eigenvalue weighted by molar-refractivity contribution is -0.143. The van der Waals surface area contributed by atoms with Crippen LogP contribution < -0.4 is 0 Å². The number of amides is 1. The molecule has 2 aromatic rings. The molecule has 0 aliphatic rings. The van der Waals surface area contributed by atoms with Crippen LogP contribution in [0.15, 0.2) is 41.2 Å². The number of hydrogen-bond acceptors (Lipinski definition) is 5. The molecule has 0 fully saturated rings. The highest BCUT2D eigenvalue weighted by Gasteiger charge is 2.32. The van der Waals surface area contributed by atoms with Crippen molar-refractivity contribution in [2.75, 3.05) is 6.54 Å². The number of benzene rings is 1. The molecule has 1 aromatic carbocycles. The molecular formula is C15H16N2O4S. The summed E-state index contributed by atoms with van der Waals surface area (Å²) in [7, 11) is 0. The van der Waals surface area contributed by atoms with Gasteiger partial charge in [-0.1, -0.05) is 30.3 Å². The highest BCUT2D eigenvalue weighted by atomic mass is 32.1. The number of ether oxygens (including phenoxy) is 1. The maximum atomic E-state index is 12.2. The zero-order valence-electron chi connectivity index (χ0n) is 12.0. The third-order valence-corrected chi connectivity index (χ3v) is 3.66. The normalized spacial score (nSPS) is 11.7. The molecule has 116 valence electrons. The maximum Gasteiger partial charge on any atom is 0.411 e. The van der Waals surface area contributed by atoms with E-state index in [1.807, 2.05) is 30.3 Å². The predicted molar refractivity (Wildman–Crippen MR) is 81.5 cm³/mol. The van der Waals surface area contributed by atoms with Gasteiger partial charge in [0.25, 0.3) is 0 Å². The van der Waals surface area contributed by atoms with Gasteiger partial charge in [0.2, 0.25) is 0 Å². The number of rotatable bonds is 6. The number of carboxylic acid groups (broad SMARTS) is 1. The van der Waals surface area contributed by atoms with Crippen molar-refractivity contribution in [3.8, 4) is 0 Å². The molecule has 0 aliphatic carbocycles. The zero-order chi connectivity index (χ0) is 15.9. The molecule has 0 spiro atoms. The molecule has 2 rings (SSSR count). The summed E-state index contributed by atoms with van der Waals surface area (Å²) >= 11 is 1.28. The van der Waals surface area contributed by atoms with E-state index < -0.39 is 18.1 Å². The minimum absolute atomic E-state index is 0.0968. The number of aliphatic carboxylic acids is 1. The zero-order valence-corrected chi connectivity index (χ0v) is 12.8. The SMILES string of the molecule is CCN(C(=O)OCc1ccccc1)C(C(=O)O)c1cscn1. The number of aromatic nitrogens is 1. The van der Waals surface area contributed by atoms with Crippen molar-refractivity contribution in [3.05, 3.63) is 52.5 Å². The summed E-state index contributed by atoms with van der Waals surface area (Å²) in [5.41, 5.74) is 2.71. The standard InChI is InChI=1S/C15H16N2O4S/c1-2-17(13(14(18)19)12-9-22-10-16-12)15(20)21-8-11-6-4-3-5-7-11/h3-7,9-10,13H,2,8H2,1H3,(H,18,19). The van der Waals surface area contributed by atoms with Crippen LogP contribution in [0.5, 0.6) is 0 Å². The summed E-state index contributed by atoms with van der Waals surface area (Å²) in [5.74, 6) is -1.13. The molecule has 0 aliphatic heterocycles. The second-order valence-electron chi connectivity index (χ2n) is 4.48. The van der Waals surface area contributed by atoms with Crippen LogP contribution in [-0.2, 0) is 16.1 Å². The van der Waals surface area contributed by atoms with Crippen LogP contribution in [0.3, 0.4) is 0 Å². The Morgan fingerprint density at radius 1 is 1.36 bits per heavy atom. The minimum Gasteiger partial charge on any atom is -0.479 e. The van der Waals surface area contributed by atoms with E-state index in [1.165, 1.54) is 16.8 Å². The van der Waals surface area contributed by atoms with E-state index in [0.717, 1.165) is 10.5 Å². The summed E-state index contributed by atoms with van der Waals surface area (Å²) in [6, 6.07) is 8.08. The Balaban J connectivity index is 2.08. The monoisotopic (exact) mass is 320 g/mol. The molecule has 6 nitrogen and oxygen atoms in total.